The summed E-state index contributed by atoms with van der Waals surface area (Å²) in [6.07, 6.45) is 3.14. The summed E-state index contributed by atoms with van der Waals surface area (Å²) in [5.41, 5.74) is 5.68. The van der Waals surface area contributed by atoms with E-state index in [0.29, 0.717) is 21.8 Å². The van der Waals surface area contributed by atoms with Gasteiger partial charge in [-0.1, -0.05) is 11.6 Å². The maximum atomic E-state index is 12.4. The number of aromatic nitrogens is 4. The highest BCUT2D eigenvalue weighted by atomic mass is 79.9. The smallest absolute Gasteiger partial charge is 0.276 e. The van der Waals surface area contributed by atoms with Crippen LogP contribution in [0.25, 0.3) is 0 Å². The Morgan fingerprint density at radius 1 is 1.29 bits per heavy atom. The van der Waals surface area contributed by atoms with Gasteiger partial charge in [-0.3, -0.25) is 14.3 Å². The molecule has 0 saturated heterocycles. The van der Waals surface area contributed by atoms with Gasteiger partial charge in [-0.05, 0) is 47.1 Å². The van der Waals surface area contributed by atoms with E-state index >= 15 is 0 Å². The Morgan fingerprint density at radius 3 is 2.75 bits per heavy atom. The maximum absolute atomic E-state index is 12.4. The summed E-state index contributed by atoms with van der Waals surface area (Å²) < 4.78 is 9.32. The summed E-state index contributed by atoms with van der Waals surface area (Å²) in [6, 6.07) is 6.67. The Labute approximate surface area is 173 Å². The number of anilines is 1. The largest absolute Gasteiger partial charge is 0.470 e. The number of rotatable bonds is 7. The number of amides is 2. The third-order valence-corrected chi connectivity index (χ3v) is 4.54. The Hall–Kier alpha value is -2.85. The molecule has 0 atom stereocenters. The van der Waals surface area contributed by atoms with Crippen LogP contribution in [0.15, 0.2) is 41.1 Å². The molecule has 0 aliphatic carbocycles. The first-order chi connectivity index (χ1) is 13.4. The van der Waals surface area contributed by atoms with Gasteiger partial charge in [0.05, 0.1) is 10.2 Å². The SMILES string of the molecule is CCn1cc(NC(=O)c2ccn(COc3ccc(Cl)cc3Br)n2)c(C(N)=O)n1. The van der Waals surface area contributed by atoms with Gasteiger partial charge in [0.15, 0.2) is 18.1 Å². The van der Waals surface area contributed by atoms with Crippen LogP contribution < -0.4 is 15.8 Å². The Morgan fingerprint density at radius 2 is 2.07 bits per heavy atom. The first-order valence-electron chi connectivity index (χ1n) is 8.17. The van der Waals surface area contributed by atoms with Crippen molar-refractivity contribution in [2.75, 3.05) is 5.32 Å². The average Bonchev–Trinajstić information content (AvgIpc) is 3.28. The maximum Gasteiger partial charge on any atom is 0.276 e. The zero-order valence-electron chi connectivity index (χ0n) is 14.7. The Balaban J connectivity index is 1.67. The lowest BCUT2D eigenvalue weighted by Crippen LogP contribution is -2.18. The molecule has 0 bridgehead atoms. The van der Waals surface area contributed by atoms with Gasteiger partial charge in [0.25, 0.3) is 11.8 Å². The lowest BCUT2D eigenvalue weighted by Gasteiger charge is -2.08. The number of halogens is 2. The van der Waals surface area contributed by atoms with E-state index in [2.05, 4.69) is 31.4 Å². The van der Waals surface area contributed by atoms with E-state index in [1.807, 2.05) is 6.92 Å². The molecule has 2 amide bonds. The second-order valence-electron chi connectivity index (χ2n) is 5.65. The zero-order valence-corrected chi connectivity index (χ0v) is 17.1. The number of primary amides is 1. The van der Waals surface area contributed by atoms with Gasteiger partial charge in [0, 0.05) is 24.0 Å². The molecule has 0 fully saturated rings. The van der Waals surface area contributed by atoms with Crippen molar-refractivity contribution >= 4 is 45.0 Å². The molecular formula is C17H16BrClN6O3. The van der Waals surface area contributed by atoms with Crippen LogP contribution in [0.4, 0.5) is 5.69 Å². The highest BCUT2D eigenvalue weighted by molar-refractivity contribution is 9.10. The van der Waals surface area contributed by atoms with Crippen molar-refractivity contribution in [2.24, 2.45) is 5.73 Å². The molecule has 0 spiro atoms. The fourth-order valence-corrected chi connectivity index (χ4v) is 3.12. The number of hydrogen-bond donors (Lipinski definition) is 2. The molecule has 9 nitrogen and oxygen atoms in total. The molecule has 0 aliphatic rings. The minimum Gasteiger partial charge on any atom is -0.470 e. The zero-order chi connectivity index (χ0) is 20.3. The molecule has 0 radical (unpaired) electrons. The number of nitrogens with zero attached hydrogens (tertiary/aromatic N) is 4. The first kappa shape index (κ1) is 19.9. The highest BCUT2D eigenvalue weighted by Gasteiger charge is 2.18. The van der Waals surface area contributed by atoms with Crippen LogP contribution in [-0.2, 0) is 13.3 Å². The van der Waals surface area contributed by atoms with E-state index in [1.54, 1.807) is 24.4 Å². The standard InChI is InChI=1S/C17H16BrClN6O3/c1-2-24-8-13(15(23-24)16(20)26)21-17(27)12-5-6-25(22-12)9-28-14-4-3-10(19)7-11(14)18/h3-8H,2,9H2,1H3,(H2,20,26)(H,21,27). The van der Waals surface area contributed by atoms with E-state index < -0.39 is 11.8 Å². The predicted octanol–water partition coefficient (Wildman–Crippen LogP) is 2.90. The Bertz CT molecular complexity index is 1030. The van der Waals surface area contributed by atoms with Crippen LogP contribution in [0, 0.1) is 0 Å². The number of nitrogens with two attached hydrogens (primary N) is 1. The predicted molar refractivity (Wildman–Crippen MR) is 106 cm³/mol. The van der Waals surface area contributed by atoms with Crippen LogP contribution in [0.2, 0.25) is 5.02 Å². The van der Waals surface area contributed by atoms with Crippen molar-refractivity contribution in [1.82, 2.24) is 19.6 Å². The van der Waals surface area contributed by atoms with E-state index in [1.165, 1.54) is 21.6 Å². The third-order valence-electron chi connectivity index (χ3n) is 3.69. The van der Waals surface area contributed by atoms with Gasteiger partial charge < -0.3 is 15.8 Å². The van der Waals surface area contributed by atoms with E-state index in [9.17, 15) is 9.59 Å². The van der Waals surface area contributed by atoms with Gasteiger partial charge in [0.1, 0.15) is 5.75 Å². The summed E-state index contributed by atoms with van der Waals surface area (Å²) in [7, 11) is 0. The number of aryl methyl sites for hydroxylation is 1. The van der Waals surface area contributed by atoms with Crippen molar-refractivity contribution in [2.45, 2.75) is 20.2 Å². The summed E-state index contributed by atoms with van der Waals surface area (Å²) in [5.74, 6) is -0.636. The molecule has 0 unspecified atom stereocenters. The van der Waals surface area contributed by atoms with Crippen LogP contribution in [0.5, 0.6) is 5.75 Å². The summed E-state index contributed by atoms with van der Waals surface area (Å²) >= 11 is 9.26. The molecule has 3 rings (SSSR count). The number of hydrogen-bond acceptors (Lipinski definition) is 5. The molecule has 2 aromatic heterocycles. The van der Waals surface area contributed by atoms with Crippen LogP contribution in [-0.4, -0.2) is 31.4 Å². The minimum absolute atomic E-state index is 0.00875. The summed E-state index contributed by atoms with van der Waals surface area (Å²) in [6.45, 7) is 2.47. The normalized spacial score (nSPS) is 10.7. The topological polar surface area (TPSA) is 117 Å². The molecule has 11 heteroatoms. The van der Waals surface area contributed by atoms with Crippen molar-refractivity contribution in [1.29, 1.82) is 0 Å². The molecule has 1 aromatic carbocycles. The monoisotopic (exact) mass is 466 g/mol. The van der Waals surface area contributed by atoms with Crippen molar-refractivity contribution in [3.8, 4) is 5.75 Å². The second-order valence-corrected chi connectivity index (χ2v) is 6.94. The lowest BCUT2D eigenvalue weighted by atomic mass is 10.3. The lowest BCUT2D eigenvalue weighted by molar-refractivity contribution is 0.0995. The van der Waals surface area contributed by atoms with Crippen LogP contribution >= 0.6 is 27.5 Å². The van der Waals surface area contributed by atoms with Gasteiger partial charge in [0.2, 0.25) is 0 Å². The highest BCUT2D eigenvalue weighted by Crippen LogP contribution is 2.28. The molecule has 3 N–H and O–H groups in total. The van der Waals surface area contributed by atoms with Gasteiger partial charge in [-0.15, -0.1) is 0 Å². The second kappa shape index (κ2) is 8.44. The molecule has 0 aliphatic heterocycles. The number of carbonyl (C=O) groups excluding carboxylic acids is 2. The van der Waals surface area contributed by atoms with Gasteiger partial charge >= 0.3 is 0 Å². The van der Waals surface area contributed by atoms with Crippen LogP contribution in [0.3, 0.4) is 0 Å². The third kappa shape index (κ3) is 4.52. The summed E-state index contributed by atoms with van der Waals surface area (Å²) in [4.78, 5) is 23.9. The molecule has 3 aromatic rings. The van der Waals surface area contributed by atoms with Crippen LogP contribution in [0.1, 0.15) is 27.9 Å². The van der Waals surface area contributed by atoms with Crippen molar-refractivity contribution in [3.05, 3.63) is 57.5 Å². The number of benzene rings is 1. The molecular weight excluding hydrogens is 452 g/mol. The quantitative estimate of drug-likeness (QED) is 0.554. The minimum atomic E-state index is -0.727. The molecule has 0 saturated carbocycles. The number of carbonyl (C=O) groups is 2. The van der Waals surface area contributed by atoms with E-state index in [0.717, 1.165) is 0 Å². The first-order valence-corrected chi connectivity index (χ1v) is 9.34. The fraction of sp³-hybridized carbons (Fsp3) is 0.176. The number of ether oxygens (including phenoxy) is 1. The van der Waals surface area contributed by atoms with E-state index in [4.69, 9.17) is 22.1 Å². The van der Waals surface area contributed by atoms with Gasteiger partial charge in [-0.25, -0.2) is 4.68 Å². The van der Waals surface area contributed by atoms with Gasteiger partial charge in [-0.2, -0.15) is 10.2 Å². The molecule has 28 heavy (non-hydrogen) atoms. The van der Waals surface area contributed by atoms with Crippen molar-refractivity contribution < 1.29 is 14.3 Å². The average molecular weight is 468 g/mol. The fourth-order valence-electron chi connectivity index (χ4n) is 2.33. The van der Waals surface area contributed by atoms with E-state index in [-0.39, 0.29) is 23.8 Å². The molecule has 2 heterocycles. The number of nitrogens with one attached hydrogen (secondary N) is 1. The Kier molecular flexibility index (Phi) is 6.00. The summed E-state index contributed by atoms with van der Waals surface area (Å²) in [5, 5.41) is 11.4. The van der Waals surface area contributed by atoms with Crippen molar-refractivity contribution in [3.63, 3.8) is 0 Å². The molecule has 146 valence electrons.